The van der Waals surface area contributed by atoms with Gasteiger partial charge in [0.15, 0.2) is 0 Å². The highest BCUT2D eigenvalue weighted by Gasteiger charge is 2.19. The van der Waals surface area contributed by atoms with Gasteiger partial charge in [0.2, 0.25) is 0 Å². The maximum absolute atomic E-state index is 12.9. The molecule has 130 valence electrons. The minimum atomic E-state index is -1.06. The molecule has 0 radical (unpaired) electrons. The first kappa shape index (κ1) is 16.5. The third kappa shape index (κ3) is 2.91. The number of benzene rings is 2. The van der Waals surface area contributed by atoms with Crippen LogP contribution in [0.4, 0.5) is 0 Å². The van der Waals surface area contributed by atoms with E-state index in [-0.39, 0.29) is 11.1 Å². The lowest BCUT2D eigenvalue weighted by molar-refractivity contribution is 0.0697. The average Bonchev–Trinajstić information content (AvgIpc) is 2.62. The van der Waals surface area contributed by atoms with E-state index in [9.17, 15) is 9.59 Å². The minimum absolute atomic E-state index is 0.0856. The fraction of sp³-hybridized carbons (Fsp3) is 0.150. The van der Waals surface area contributed by atoms with E-state index in [1.165, 1.54) is 12.1 Å². The van der Waals surface area contributed by atoms with Crippen LogP contribution in [0.5, 0.6) is 0 Å². The van der Waals surface area contributed by atoms with Crippen LogP contribution in [0, 0.1) is 0 Å². The highest BCUT2D eigenvalue weighted by atomic mass is 35.5. The Hall–Kier alpha value is -2.92. The molecule has 0 amide bonds. The van der Waals surface area contributed by atoms with Crippen LogP contribution in [-0.2, 0) is 6.54 Å². The Morgan fingerprint density at radius 2 is 2.08 bits per heavy atom. The predicted molar refractivity (Wildman–Crippen MR) is 102 cm³/mol. The number of hydrogen-bond acceptors (Lipinski definition) is 3. The first-order valence-electron chi connectivity index (χ1n) is 8.27. The molecule has 0 saturated heterocycles. The summed E-state index contributed by atoms with van der Waals surface area (Å²) in [5.74, 6) is -0.424. The zero-order chi connectivity index (χ0) is 18.3. The summed E-state index contributed by atoms with van der Waals surface area (Å²) >= 11 is 6.06. The van der Waals surface area contributed by atoms with Crippen LogP contribution >= 0.6 is 11.6 Å². The summed E-state index contributed by atoms with van der Waals surface area (Å²) in [5, 5.41) is 10.1. The Labute approximate surface area is 154 Å². The van der Waals surface area contributed by atoms with E-state index in [2.05, 4.69) is 4.98 Å². The van der Waals surface area contributed by atoms with E-state index >= 15 is 0 Å². The Morgan fingerprint density at radius 1 is 1.23 bits per heavy atom. The molecule has 26 heavy (non-hydrogen) atoms. The lowest BCUT2D eigenvalue weighted by atomic mass is 10.0. The van der Waals surface area contributed by atoms with Crippen molar-refractivity contribution in [3.8, 4) is 0 Å². The van der Waals surface area contributed by atoms with Crippen molar-refractivity contribution >= 4 is 40.1 Å². The number of hydrogen-bond donors (Lipinski definition) is 1. The van der Waals surface area contributed by atoms with Gasteiger partial charge < -0.3 is 5.11 Å². The molecule has 6 heteroatoms. The molecular weight excluding hydrogens is 352 g/mol. The van der Waals surface area contributed by atoms with Gasteiger partial charge in [-0.05, 0) is 60.4 Å². The van der Waals surface area contributed by atoms with Gasteiger partial charge in [-0.25, -0.2) is 9.78 Å². The van der Waals surface area contributed by atoms with Crippen LogP contribution in [0.25, 0.3) is 22.6 Å². The molecule has 0 spiro atoms. The standard InChI is InChI=1S/C20H15ClN2O3/c21-15-5-1-3-12(10-15)9-13-4-2-8-23-18(13)22-17-7-6-14(20(25)26)11-16(17)19(23)24/h1,3,5-7,9-11H,2,4,8H2,(H,25,26)/b13-9+. The Kier molecular flexibility index (Phi) is 4.09. The topological polar surface area (TPSA) is 72.2 Å². The second-order valence-corrected chi connectivity index (χ2v) is 6.69. The van der Waals surface area contributed by atoms with E-state index in [1.807, 2.05) is 30.3 Å². The minimum Gasteiger partial charge on any atom is -0.478 e. The van der Waals surface area contributed by atoms with Gasteiger partial charge >= 0.3 is 5.97 Å². The van der Waals surface area contributed by atoms with Crippen molar-refractivity contribution in [1.82, 2.24) is 9.55 Å². The quantitative estimate of drug-likeness (QED) is 0.741. The number of rotatable bonds is 2. The van der Waals surface area contributed by atoms with Gasteiger partial charge in [-0.2, -0.15) is 0 Å². The van der Waals surface area contributed by atoms with Crippen LogP contribution in [0.3, 0.4) is 0 Å². The number of carbonyl (C=O) groups is 1. The molecule has 0 aliphatic carbocycles. The van der Waals surface area contributed by atoms with Crippen molar-refractivity contribution in [2.45, 2.75) is 19.4 Å². The second-order valence-electron chi connectivity index (χ2n) is 6.26. The fourth-order valence-corrected chi connectivity index (χ4v) is 3.48. The molecule has 1 aliphatic rings. The molecule has 2 heterocycles. The molecular formula is C20H15ClN2O3. The second kappa shape index (κ2) is 6.42. The van der Waals surface area contributed by atoms with Crippen molar-refractivity contribution in [3.05, 3.63) is 74.8 Å². The molecule has 2 aromatic carbocycles. The summed E-state index contributed by atoms with van der Waals surface area (Å²) in [7, 11) is 0. The Morgan fingerprint density at radius 3 is 2.85 bits per heavy atom. The van der Waals surface area contributed by atoms with Crippen LogP contribution in [0.1, 0.15) is 34.6 Å². The fourth-order valence-electron chi connectivity index (χ4n) is 3.28. The lowest BCUT2D eigenvalue weighted by Crippen LogP contribution is -2.28. The van der Waals surface area contributed by atoms with Crippen LogP contribution in [-0.4, -0.2) is 20.6 Å². The number of halogens is 1. The van der Waals surface area contributed by atoms with Gasteiger partial charge in [-0.1, -0.05) is 23.7 Å². The maximum atomic E-state index is 12.9. The number of aromatic carboxylic acids is 1. The largest absolute Gasteiger partial charge is 0.478 e. The van der Waals surface area contributed by atoms with Crippen molar-refractivity contribution in [1.29, 1.82) is 0 Å². The molecule has 0 bridgehead atoms. The van der Waals surface area contributed by atoms with Crippen molar-refractivity contribution in [2.75, 3.05) is 0 Å². The van der Waals surface area contributed by atoms with Gasteiger partial charge in [-0.3, -0.25) is 9.36 Å². The molecule has 0 unspecified atom stereocenters. The predicted octanol–water partition coefficient (Wildman–Crippen LogP) is 4.08. The van der Waals surface area contributed by atoms with E-state index in [0.717, 1.165) is 24.0 Å². The van der Waals surface area contributed by atoms with Gasteiger partial charge in [0.1, 0.15) is 5.82 Å². The highest BCUT2D eigenvalue weighted by molar-refractivity contribution is 6.30. The number of fused-ring (bicyclic) bond motifs is 2. The summed E-state index contributed by atoms with van der Waals surface area (Å²) in [5.41, 5.74) is 2.31. The molecule has 1 aromatic heterocycles. The summed E-state index contributed by atoms with van der Waals surface area (Å²) in [6, 6.07) is 12.0. The van der Waals surface area contributed by atoms with Crippen LogP contribution in [0.2, 0.25) is 5.02 Å². The zero-order valence-electron chi connectivity index (χ0n) is 13.8. The van der Waals surface area contributed by atoms with Gasteiger partial charge in [-0.15, -0.1) is 0 Å². The smallest absolute Gasteiger partial charge is 0.335 e. The lowest BCUT2D eigenvalue weighted by Gasteiger charge is -2.21. The van der Waals surface area contributed by atoms with Gasteiger partial charge in [0.25, 0.3) is 5.56 Å². The third-order valence-corrected chi connectivity index (χ3v) is 4.74. The first-order chi connectivity index (χ1) is 12.5. The number of carboxylic acids is 1. The number of nitrogens with zero attached hydrogens (tertiary/aromatic N) is 2. The molecule has 5 nitrogen and oxygen atoms in total. The molecule has 1 aliphatic heterocycles. The zero-order valence-corrected chi connectivity index (χ0v) is 14.5. The summed E-state index contributed by atoms with van der Waals surface area (Å²) < 4.78 is 1.63. The summed E-state index contributed by atoms with van der Waals surface area (Å²) in [6.45, 7) is 0.571. The number of carboxylic acid groups (broad SMARTS) is 1. The molecule has 4 rings (SSSR count). The molecule has 1 N–H and O–H groups in total. The van der Waals surface area contributed by atoms with Crippen molar-refractivity contribution in [2.24, 2.45) is 0 Å². The van der Waals surface area contributed by atoms with Crippen molar-refractivity contribution < 1.29 is 9.90 Å². The molecule has 0 atom stereocenters. The summed E-state index contributed by atoms with van der Waals surface area (Å²) in [6.07, 6.45) is 3.64. The Balaban J connectivity index is 1.91. The van der Waals surface area contributed by atoms with E-state index in [4.69, 9.17) is 16.7 Å². The van der Waals surface area contributed by atoms with Crippen molar-refractivity contribution in [3.63, 3.8) is 0 Å². The number of aromatic nitrogens is 2. The maximum Gasteiger partial charge on any atom is 0.335 e. The van der Waals surface area contributed by atoms with Gasteiger partial charge in [0.05, 0.1) is 16.5 Å². The first-order valence-corrected chi connectivity index (χ1v) is 8.65. The monoisotopic (exact) mass is 366 g/mol. The average molecular weight is 367 g/mol. The van der Waals surface area contributed by atoms with E-state index in [0.29, 0.717) is 28.3 Å². The Bertz CT molecular complexity index is 1130. The molecule has 0 fully saturated rings. The van der Waals surface area contributed by atoms with E-state index in [1.54, 1.807) is 10.6 Å². The molecule has 0 saturated carbocycles. The highest BCUT2D eigenvalue weighted by Crippen LogP contribution is 2.27. The summed E-state index contributed by atoms with van der Waals surface area (Å²) in [4.78, 5) is 28.7. The van der Waals surface area contributed by atoms with E-state index < -0.39 is 5.97 Å². The third-order valence-electron chi connectivity index (χ3n) is 4.51. The van der Waals surface area contributed by atoms with Crippen LogP contribution < -0.4 is 5.56 Å². The normalized spacial score (nSPS) is 15.2. The number of allylic oxidation sites excluding steroid dienone is 1. The SMILES string of the molecule is O=C(O)c1ccc2nc3n(c(=O)c2c1)CCC/C3=C\c1cccc(Cl)c1. The van der Waals surface area contributed by atoms with Crippen LogP contribution in [0.15, 0.2) is 47.3 Å². The molecule has 3 aromatic rings. The van der Waals surface area contributed by atoms with Gasteiger partial charge in [0, 0.05) is 11.6 Å².